The molecule has 1 heterocycles. The number of ether oxygens (including phenoxy) is 1. The van der Waals surface area contributed by atoms with Crippen molar-refractivity contribution in [2.45, 2.75) is 6.92 Å². The largest absolute Gasteiger partial charge is 0.462 e. The first kappa shape index (κ1) is 12.5. The van der Waals surface area contributed by atoms with Crippen molar-refractivity contribution in [3.05, 3.63) is 46.2 Å². The van der Waals surface area contributed by atoms with Crippen LogP contribution in [0.2, 0.25) is 0 Å². The molecule has 0 saturated heterocycles. The monoisotopic (exact) mass is 260 g/mol. The normalized spacial score (nSPS) is 10.1. The van der Waals surface area contributed by atoms with Gasteiger partial charge in [-0.2, -0.15) is 0 Å². The molecule has 0 amide bonds. The van der Waals surface area contributed by atoms with Crippen molar-refractivity contribution in [3.8, 4) is 11.1 Å². The standard InChI is InChI=1S/C14H12O3S/c1-2-17-14(16)11-5-3-10(4-6-11)12-7-13(8-15)18-9-12/h3-9H,2H2,1H3. The minimum atomic E-state index is -0.317. The molecule has 1 aromatic carbocycles. The van der Waals surface area contributed by atoms with Gasteiger partial charge in [0.05, 0.1) is 17.0 Å². The number of aldehydes is 1. The van der Waals surface area contributed by atoms with Gasteiger partial charge in [0.15, 0.2) is 6.29 Å². The van der Waals surface area contributed by atoms with Gasteiger partial charge in [0.25, 0.3) is 0 Å². The van der Waals surface area contributed by atoms with Gasteiger partial charge in [0.1, 0.15) is 0 Å². The average molecular weight is 260 g/mol. The van der Waals surface area contributed by atoms with E-state index in [1.807, 2.05) is 23.6 Å². The van der Waals surface area contributed by atoms with E-state index in [1.165, 1.54) is 11.3 Å². The molecule has 2 aromatic rings. The maximum Gasteiger partial charge on any atom is 0.338 e. The molecule has 3 nitrogen and oxygen atoms in total. The van der Waals surface area contributed by atoms with Crippen molar-refractivity contribution in [2.75, 3.05) is 6.61 Å². The number of carbonyl (C=O) groups is 2. The van der Waals surface area contributed by atoms with Gasteiger partial charge in [-0.1, -0.05) is 12.1 Å². The lowest BCUT2D eigenvalue weighted by atomic mass is 10.1. The summed E-state index contributed by atoms with van der Waals surface area (Å²) in [4.78, 5) is 22.8. The van der Waals surface area contributed by atoms with Gasteiger partial charge < -0.3 is 4.74 Å². The van der Waals surface area contributed by atoms with E-state index in [0.29, 0.717) is 17.0 Å². The van der Waals surface area contributed by atoms with Gasteiger partial charge in [0.2, 0.25) is 0 Å². The number of rotatable bonds is 4. The summed E-state index contributed by atoms with van der Waals surface area (Å²) >= 11 is 1.40. The van der Waals surface area contributed by atoms with Crippen molar-refractivity contribution < 1.29 is 14.3 Å². The van der Waals surface area contributed by atoms with Crippen LogP contribution < -0.4 is 0 Å². The van der Waals surface area contributed by atoms with E-state index in [-0.39, 0.29) is 5.97 Å². The highest BCUT2D eigenvalue weighted by molar-refractivity contribution is 7.12. The summed E-state index contributed by atoms with van der Waals surface area (Å²) in [5, 5.41) is 1.92. The predicted molar refractivity (Wildman–Crippen MR) is 71.1 cm³/mol. The maximum atomic E-state index is 11.5. The van der Waals surface area contributed by atoms with Crippen LogP contribution in [0, 0.1) is 0 Å². The number of hydrogen-bond donors (Lipinski definition) is 0. The molecule has 0 aliphatic carbocycles. The average Bonchev–Trinajstić information content (AvgIpc) is 2.88. The van der Waals surface area contributed by atoms with Crippen molar-refractivity contribution in [1.82, 2.24) is 0 Å². The van der Waals surface area contributed by atoms with Gasteiger partial charge in [-0.25, -0.2) is 4.79 Å². The Morgan fingerprint density at radius 3 is 2.56 bits per heavy atom. The van der Waals surface area contributed by atoms with E-state index in [4.69, 9.17) is 4.74 Å². The molecule has 18 heavy (non-hydrogen) atoms. The third-order valence-corrected chi connectivity index (χ3v) is 3.32. The fourth-order valence-electron chi connectivity index (χ4n) is 1.58. The van der Waals surface area contributed by atoms with Gasteiger partial charge >= 0.3 is 5.97 Å². The minimum Gasteiger partial charge on any atom is -0.462 e. The highest BCUT2D eigenvalue weighted by atomic mass is 32.1. The summed E-state index contributed by atoms with van der Waals surface area (Å²) in [6, 6.07) is 8.99. The molecule has 2 rings (SSSR count). The SMILES string of the molecule is CCOC(=O)c1ccc(-c2csc(C=O)c2)cc1. The van der Waals surface area contributed by atoms with Crippen LogP contribution in [0.15, 0.2) is 35.7 Å². The van der Waals surface area contributed by atoms with Crippen LogP contribution in [0.25, 0.3) is 11.1 Å². The Kier molecular flexibility index (Phi) is 3.89. The van der Waals surface area contributed by atoms with E-state index in [9.17, 15) is 9.59 Å². The van der Waals surface area contributed by atoms with Crippen molar-refractivity contribution >= 4 is 23.6 Å². The third kappa shape index (κ3) is 2.65. The molecule has 0 aliphatic rings. The first-order valence-electron chi connectivity index (χ1n) is 5.56. The van der Waals surface area contributed by atoms with E-state index in [1.54, 1.807) is 19.1 Å². The molecule has 92 valence electrons. The van der Waals surface area contributed by atoms with Crippen LogP contribution in [0.5, 0.6) is 0 Å². The number of benzene rings is 1. The van der Waals surface area contributed by atoms with E-state index < -0.39 is 0 Å². The Bertz CT molecular complexity index is 555. The summed E-state index contributed by atoms with van der Waals surface area (Å²) in [7, 11) is 0. The Balaban J connectivity index is 2.21. The molecule has 4 heteroatoms. The zero-order chi connectivity index (χ0) is 13.0. The molecule has 0 radical (unpaired) electrons. The summed E-state index contributed by atoms with van der Waals surface area (Å²) < 4.78 is 4.91. The molecule has 0 spiro atoms. The second-order valence-electron chi connectivity index (χ2n) is 3.65. The van der Waals surface area contributed by atoms with Crippen molar-refractivity contribution in [2.24, 2.45) is 0 Å². The lowest BCUT2D eigenvalue weighted by Crippen LogP contribution is -2.03. The molecular weight excluding hydrogens is 248 g/mol. The van der Waals surface area contributed by atoms with E-state index in [0.717, 1.165) is 17.4 Å². The van der Waals surface area contributed by atoms with Crippen LogP contribution in [-0.4, -0.2) is 18.9 Å². The highest BCUT2D eigenvalue weighted by Gasteiger charge is 2.07. The van der Waals surface area contributed by atoms with Gasteiger partial charge in [-0.05, 0) is 41.6 Å². The molecular formula is C14H12O3S. The van der Waals surface area contributed by atoms with Crippen LogP contribution in [0.4, 0.5) is 0 Å². The van der Waals surface area contributed by atoms with E-state index in [2.05, 4.69) is 0 Å². The maximum absolute atomic E-state index is 11.5. The smallest absolute Gasteiger partial charge is 0.338 e. The van der Waals surface area contributed by atoms with Gasteiger partial charge in [0, 0.05) is 0 Å². The second-order valence-corrected chi connectivity index (χ2v) is 4.60. The number of esters is 1. The summed E-state index contributed by atoms with van der Waals surface area (Å²) in [6.45, 7) is 2.15. The van der Waals surface area contributed by atoms with Crippen LogP contribution in [0.1, 0.15) is 27.0 Å². The lowest BCUT2D eigenvalue weighted by Gasteiger charge is -2.02. The van der Waals surface area contributed by atoms with Crippen molar-refractivity contribution in [3.63, 3.8) is 0 Å². The number of carbonyl (C=O) groups excluding carboxylic acids is 2. The summed E-state index contributed by atoms with van der Waals surface area (Å²) in [5.74, 6) is -0.317. The molecule has 1 aromatic heterocycles. The van der Waals surface area contributed by atoms with Gasteiger partial charge in [-0.3, -0.25) is 4.79 Å². The topological polar surface area (TPSA) is 43.4 Å². The second kappa shape index (κ2) is 5.60. The summed E-state index contributed by atoms with van der Waals surface area (Å²) in [6.07, 6.45) is 0.834. The van der Waals surface area contributed by atoms with Crippen LogP contribution >= 0.6 is 11.3 Å². The lowest BCUT2D eigenvalue weighted by molar-refractivity contribution is 0.0526. The third-order valence-electron chi connectivity index (χ3n) is 2.47. The van der Waals surface area contributed by atoms with Gasteiger partial charge in [-0.15, -0.1) is 11.3 Å². The highest BCUT2D eigenvalue weighted by Crippen LogP contribution is 2.25. The van der Waals surface area contributed by atoms with Crippen LogP contribution in [0.3, 0.4) is 0 Å². The molecule has 0 unspecified atom stereocenters. The predicted octanol–water partition coefficient (Wildman–Crippen LogP) is 3.40. The zero-order valence-electron chi connectivity index (χ0n) is 9.88. The fourth-order valence-corrected chi connectivity index (χ4v) is 2.30. The Morgan fingerprint density at radius 1 is 1.28 bits per heavy atom. The Labute approximate surface area is 109 Å². The molecule has 0 N–H and O–H groups in total. The first-order valence-corrected chi connectivity index (χ1v) is 6.44. The molecule has 0 aliphatic heterocycles. The molecule has 0 fully saturated rings. The fraction of sp³-hybridized carbons (Fsp3) is 0.143. The van der Waals surface area contributed by atoms with E-state index >= 15 is 0 Å². The van der Waals surface area contributed by atoms with Crippen molar-refractivity contribution in [1.29, 1.82) is 0 Å². The zero-order valence-corrected chi connectivity index (χ0v) is 10.7. The Hall–Kier alpha value is -1.94. The summed E-state index contributed by atoms with van der Waals surface area (Å²) in [5.41, 5.74) is 2.50. The molecule has 0 saturated carbocycles. The van der Waals surface area contributed by atoms with Crippen LogP contribution in [-0.2, 0) is 4.74 Å². The quantitative estimate of drug-likeness (QED) is 0.625. The molecule has 0 bridgehead atoms. The number of thiophene rings is 1. The first-order chi connectivity index (χ1) is 8.74. The Morgan fingerprint density at radius 2 is 2.00 bits per heavy atom. The minimum absolute atomic E-state index is 0.317. The number of hydrogen-bond acceptors (Lipinski definition) is 4. The molecule has 0 atom stereocenters.